The largest absolute Gasteiger partial charge is 0.274 e. The smallest absolute Gasteiger partial charge is 0.253 e. The Hall–Kier alpha value is -2.03. The highest BCUT2D eigenvalue weighted by atomic mass is 32.2. The maximum absolute atomic E-state index is 13.1. The van der Waals surface area contributed by atoms with Crippen molar-refractivity contribution in [1.29, 1.82) is 0 Å². The van der Waals surface area contributed by atoms with E-state index in [-0.39, 0.29) is 22.6 Å². The Morgan fingerprint density at radius 3 is 2.38 bits per heavy atom. The molecule has 0 N–H and O–H groups in total. The molecule has 4 rings (SSSR count). The summed E-state index contributed by atoms with van der Waals surface area (Å²) in [6.07, 6.45) is 1.31. The number of benzene rings is 1. The molecule has 1 aliphatic carbocycles. The third-order valence-corrected chi connectivity index (χ3v) is 7.99. The molecule has 1 aromatic heterocycles. The number of imide groups is 1. The summed E-state index contributed by atoms with van der Waals surface area (Å²) in [5.41, 5.74) is 1.50. The molecular weight excluding hydrogens is 372 g/mol. The lowest BCUT2D eigenvalue weighted by Gasteiger charge is -2.26. The van der Waals surface area contributed by atoms with Crippen LogP contribution in [-0.4, -0.2) is 36.6 Å². The van der Waals surface area contributed by atoms with Crippen molar-refractivity contribution in [2.75, 3.05) is 4.90 Å². The molecule has 2 heterocycles. The molecule has 6 nitrogen and oxygen atoms in total. The summed E-state index contributed by atoms with van der Waals surface area (Å²) in [6, 6.07) is 9.10. The summed E-state index contributed by atoms with van der Waals surface area (Å²) < 4.78 is 27.6. The number of hydrogen-bond donors (Lipinski definition) is 0. The van der Waals surface area contributed by atoms with Gasteiger partial charge < -0.3 is 0 Å². The minimum absolute atomic E-state index is 0.117. The number of rotatable bonds is 5. The summed E-state index contributed by atoms with van der Waals surface area (Å²) in [6.45, 7) is 1.92. The molecule has 0 spiro atoms. The maximum Gasteiger partial charge on any atom is 0.253 e. The van der Waals surface area contributed by atoms with Gasteiger partial charge in [-0.25, -0.2) is 13.3 Å². The second-order valence-electron chi connectivity index (χ2n) is 6.62. The predicted octanol–water partition coefficient (Wildman–Crippen LogP) is 2.54. The molecule has 2 fully saturated rings. The van der Waals surface area contributed by atoms with Crippen molar-refractivity contribution in [2.24, 2.45) is 0 Å². The van der Waals surface area contributed by atoms with Gasteiger partial charge in [-0.2, -0.15) is 4.31 Å². The molecule has 0 bridgehead atoms. The summed E-state index contributed by atoms with van der Waals surface area (Å²) in [4.78, 5) is 26.6. The van der Waals surface area contributed by atoms with Crippen LogP contribution in [-0.2, 0) is 19.6 Å². The molecule has 1 unspecified atom stereocenters. The minimum Gasteiger partial charge on any atom is -0.274 e. The first-order valence-electron chi connectivity index (χ1n) is 8.40. The third-order valence-electron chi connectivity index (χ3n) is 4.66. The van der Waals surface area contributed by atoms with Gasteiger partial charge in [0.15, 0.2) is 0 Å². The van der Waals surface area contributed by atoms with Crippen molar-refractivity contribution >= 4 is 38.9 Å². The van der Waals surface area contributed by atoms with Crippen LogP contribution >= 0.6 is 11.3 Å². The Morgan fingerprint density at radius 1 is 1.12 bits per heavy atom. The van der Waals surface area contributed by atoms with Crippen molar-refractivity contribution in [2.45, 2.75) is 42.5 Å². The van der Waals surface area contributed by atoms with Crippen molar-refractivity contribution in [3.63, 3.8) is 0 Å². The van der Waals surface area contributed by atoms with Crippen molar-refractivity contribution in [3.8, 4) is 0 Å². The van der Waals surface area contributed by atoms with E-state index in [9.17, 15) is 18.0 Å². The standard InChI is InChI=1S/C18H18N2O4S2/c1-12-4-6-13(7-5-12)19-16(21)11-15(18(19)22)20(14-8-9-14)26(23,24)17-3-2-10-25-17/h2-7,10,14-15H,8-9,11H2,1H3. The van der Waals surface area contributed by atoms with E-state index in [1.165, 1.54) is 10.4 Å². The van der Waals surface area contributed by atoms with Gasteiger partial charge >= 0.3 is 0 Å². The van der Waals surface area contributed by atoms with Gasteiger partial charge in [-0.3, -0.25) is 9.59 Å². The summed E-state index contributed by atoms with van der Waals surface area (Å²) >= 11 is 1.12. The van der Waals surface area contributed by atoms with Gasteiger partial charge in [-0.1, -0.05) is 23.8 Å². The summed E-state index contributed by atoms with van der Waals surface area (Å²) in [5, 5.41) is 1.69. The highest BCUT2D eigenvalue weighted by Crippen LogP contribution is 2.38. The predicted molar refractivity (Wildman–Crippen MR) is 98.4 cm³/mol. The van der Waals surface area contributed by atoms with Gasteiger partial charge in [-0.15, -0.1) is 11.3 Å². The van der Waals surface area contributed by atoms with Crippen LogP contribution in [0.25, 0.3) is 0 Å². The van der Waals surface area contributed by atoms with Gasteiger partial charge in [0.25, 0.3) is 15.9 Å². The number of nitrogens with zero attached hydrogens (tertiary/aromatic N) is 2. The van der Waals surface area contributed by atoms with Gasteiger partial charge in [-0.05, 0) is 43.3 Å². The Bertz CT molecular complexity index is 948. The molecule has 26 heavy (non-hydrogen) atoms. The van der Waals surface area contributed by atoms with E-state index in [2.05, 4.69) is 0 Å². The molecule has 1 aromatic carbocycles. The number of hydrogen-bond acceptors (Lipinski definition) is 5. The van der Waals surface area contributed by atoms with E-state index in [0.29, 0.717) is 18.5 Å². The summed E-state index contributed by atoms with van der Waals surface area (Å²) in [7, 11) is -3.79. The second-order valence-corrected chi connectivity index (χ2v) is 9.64. The van der Waals surface area contributed by atoms with Gasteiger partial charge in [0.05, 0.1) is 12.1 Å². The lowest BCUT2D eigenvalue weighted by Crippen LogP contribution is -2.46. The molecule has 8 heteroatoms. The average molecular weight is 390 g/mol. The Kier molecular flexibility index (Phi) is 4.21. The zero-order valence-electron chi connectivity index (χ0n) is 14.2. The molecule has 1 saturated heterocycles. The monoisotopic (exact) mass is 390 g/mol. The maximum atomic E-state index is 13.1. The van der Waals surface area contributed by atoms with E-state index in [1.807, 2.05) is 19.1 Å². The van der Waals surface area contributed by atoms with Crippen LogP contribution in [0.2, 0.25) is 0 Å². The molecule has 136 valence electrons. The van der Waals surface area contributed by atoms with Gasteiger partial charge in [0.1, 0.15) is 10.3 Å². The van der Waals surface area contributed by atoms with Crippen LogP contribution in [0.5, 0.6) is 0 Å². The first-order valence-corrected chi connectivity index (χ1v) is 10.7. The first kappa shape index (κ1) is 17.4. The Balaban J connectivity index is 1.69. The fraction of sp³-hybridized carbons (Fsp3) is 0.333. The molecule has 2 amide bonds. The SMILES string of the molecule is Cc1ccc(N2C(=O)CC(N(C3CC3)S(=O)(=O)c3cccs3)C2=O)cc1. The van der Waals surface area contributed by atoms with Crippen LogP contribution < -0.4 is 4.90 Å². The molecule has 1 saturated carbocycles. The number of thiophene rings is 1. The zero-order valence-corrected chi connectivity index (χ0v) is 15.8. The second kappa shape index (κ2) is 6.29. The normalized spacial score (nSPS) is 21.0. The minimum atomic E-state index is -3.79. The lowest BCUT2D eigenvalue weighted by molar-refractivity contribution is -0.122. The molecule has 2 aliphatic rings. The lowest BCUT2D eigenvalue weighted by atomic mass is 10.2. The summed E-state index contributed by atoms with van der Waals surface area (Å²) in [5.74, 6) is -0.832. The van der Waals surface area contributed by atoms with Crippen LogP contribution in [0.4, 0.5) is 5.69 Å². The highest BCUT2D eigenvalue weighted by Gasteiger charge is 2.51. The van der Waals surface area contributed by atoms with Crippen molar-refractivity contribution in [1.82, 2.24) is 4.31 Å². The molecule has 1 aliphatic heterocycles. The van der Waals surface area contributed by atoms with E-state index in [4.69, 9.17) is 0 Å². The fourth-order valence-corrected chi connectivity index (χ4v) is 6.16. The highest BCUT2D eigenvalue weighted by molar-refractivity contribution is 7.91. The quantitative estimate of drug-likeness (QED) is 0.736. The van der Waals surface area contributed by atoms with Crippen LogP contribution in [0, 0.1) is 6.92 Å². The average Bonchev–Trinajstić information content (AvgIpc) is 3.16. The van der Waals surface area contributed by atoms with Crippen molar-refractivity contribution < 1.29 is 18.0 Å². The Labute approximate surface area is 156 Å². The number of anilines is 1. The molecule has 0 radical (unpaired) electrons. The number of aryl methyl sites for hydroxylation is 1. The van der Waals surface area contributed by atoms with E-state index < -0.39 is 22.0 Å². The molecule has 1 atom stereocenters. The number of carbonyl (C=O) groups excluding carboxylic acids is 2. The van der Waals surface area contributed by atoms with E-state index in [0.717, 1.165) is 21.8 Å². The van der Waals surface area contributed by atoms with E-state index in [1.54, 1.807) is 23.6 Å². The number of carbonyl (C=O) groups is 2. The zero-order chi connectivity index (χ0) is 18.5. The van der Waals surface area contributed by atoms with Gasteiger partial charge in [0.2, 0.25) is 5.91 Å². The van der Waals surface area contributed by atoms with Crippen LogP contribution in [0.3, 0.4) is 0 Å². The number of sulfonamides is 1. The fourth-order valence-electron chi connectivity index (χ4n) is 3.24. The molecular formula is C18H18N2O4S2. The van der Waals surface area contributed by atoms with Crippen molar-refractivity contribution in [3.05, 3.63) is 47.3 Å². The first-order chi connectivity index (χ1) is 12.4. The molecule has 2 aromatic rings. The number of amides is 2. The van der Waals surface area contributed by atoms with Crippen LogP contribution in [0.15, 0.2) is 46.0 Å². The third kappa shape index (κ3) is 2.87. The Morgan fingerprint density at radius 2 is 1.81 bits per heavy atom. The topological polar surface area (TPSA) is 74.8 Å². The van der Waals surface area contributed by atoms with E-state index >= 15 is 0 Å². The van der Waals surface area contributed by atoms with Gasteiger partial charge in [0, 0.05) is 6.04 Å². The van der Waals surface area contributed by atoms with Crippen LogP contribution in [0.1, 0.15) is 24.8 Å².